The molecule has 0 aromatic heterocycles. The minimum atomic E-state index is -0.436. The summed E-state index contributed by atoms with van der Waals surface area (Å²) in [7, 11) is 0. The zero-order valence-electron chi connectivity index (χ0n) is 14.2. The summed E-state index contributed by atoms with van der Waals surface area (Å²) in [6.07, 6.45) is 0.628. The second kappa shape index (κ2) is 8.39. The van der Waals surface area contributed by atoms with Gasteiger partial charge in [0.2, 0.25) is 0 Å². The number of aryl methyl sites for hydroxylation is 1. The second-order valence-electron chi connectivity index (χ2n) is 5.76. The minimum absolute atomic E-state index is 0.122. The molecular weight excluding hydrogens is 323 g/mol. The normalized spacial score (nSPS) is 11.7. The van der Waals surface area contributed by atoms with Gasteiger partial charge in [0.15, 0.2) is 0 Å². The number of amides is 2. The van der Waals surface area contributed by atoms with Crippen molar-refractivity contribution in [2.45, 2.75) is 26.3 Å². The Morgan fingerprint density at radius 1 is 1.08 bits per heavy atom. The van der Waals surface area contributed by atoms with E-state index in [1.54, 1.807) is 43.3 Å². The highest BCUT2D eigenvalue weighted by Gasteiger charge is 2.12. The summed E-state index contributed by atoms with van der Waals surface area (Å²) < 4.78 is 13.5. The lowest BCUT2D eigenvalue weighted by molar-refractivity contribution is 0.0914. The minimum Gasteiger partial charge on any atom is -0.394 e. The maximum absolute atomic E-state index is 13.5. The molecule has 0 spiro atoms. The standard InChI is InChI=1S/C19H21FN2O3/c1-3-15(11-23)21-18(24)13-6-8-16(9-7-13)22-19(25)14-5-4-12(2)17(20)10-14/h4-10,15,23H,3,11H2,1-2H3,(H,21,24)(H,22,25). The molecule has 0 heterocycles. The Labute approximate surface area is 145 Å². The molecule has 1 unspecified atom stereocenters. The first-order chi connectivity index (χ1) is 11.9. The molecule has 25 heavy (non-hydrogen) atoms. The van der Waals surface area contributed by atoms with Crippen molar-refractivity contribution in [1.82, 2.24) is 5.32 Å². The molecule has 2 aromatic rings. The molecule has 0 aliphatic rings. The molecule has 5 nitrogen and oxygen atoms in total. The van der Waals surface area contributed by atoms with Crippen molar-refractivity contribution in [2.24, 2.45) is 0 Å². The largest absolute Gasteiger partial charge is 0.394 e. The summed E-state index contributed by atoms with van der Waals surface area (Å²) >= 11 is 0. The van der Waals surface area contributed by atoms with Crippen LogP contribution in [0, 0.1) is 12.7 Å². The van der Waals surface area contributed by atoms with Crippen LogP contribution in [0.2, 0.25) is 0 Å². The molecule has 3 N–H and O–H groups in total. The molecule has 0 aliphatic carbocycles. The number of halogens is 1. The molecule has 0 fully saturated rings. The van der Waals surface area contributed by atoms with Gasteiger partial charge in [0.05, 0.1) is 12.6 Å². The lowest BCUT2D eigenvalue weighted by Crippen LogP contribution is -2.36. The number of rotatable bonds is 6. The van der Waals surface area contributed by atoms with Crippen LogP contribution in [0.1, 0.15) is 39.6 Å². The zero-order chi connectivity index (χ0) is 18.4. The SMILES string of the molecule is CCC(CO)NC(=O)c1ccc(NC(=O)c2ccc(C)c(F)c2)cc1. The average Bonchev–Trinajstić information content (AvgIpc) is 2.62. The van der Waals surface area contributed by atoms with Crippen LogP contribution in [-0.2, 0) is 0 Å². The fourth-order valence-corrected chi connectivity index (χ4v) is 2.19. The summed E-state index contributed by atoms with van der Waals surface area (Å²) in [4.78, 5) is 24.2. The zero-order valence-corrected chi connectivity index (χ0v) is 14.2. The Morgan fingerprint density at radius 2 is 1.72 bits per heavy atom. The number of carbonyl (C=O) groups excluding carboxylic acids is 2. The fourth-order valence-electron chi connectivity index (χ4n) is 2.19. The molecule has 0 saturated carbocycles. The van der Waals surface area contributed by atoms with Crippen LogP contribution >= 0.6 is 0 Å². The van der Waals surface area contributed by atoms with Crippen molar-refractivity contribution in [3.8, 4) is 0 Å². The number of aliphatic hydroxyl groups is 1. The van der Waals surface area contributed by atoms with Crippen molar-refractivity contribution in [3.63, 3.8) is 0 Å². The van der Waals surface area contributed by atoms with Crippen molar-refractivity contribution >= 4 is 17.5 Å². The summed E-state index contributed by atoms with van der Waals surface area (Å²) in [5, 5.41) is 14.5. The number of nitrogens with one attached hydrogen (secondary N) is 2. The Balaban J connectivity index is 2.03. The molecule has 2 rings (SSSR count). The highest BCUT2D eigenvalue weighted by Crippen LogP contribution is 2.14. The van der Waals surface area contributed by atoms with E-state index in [-0.39, 0.29) is 24.1 Å². The first-order valence-electron chi connectivity index (χ1n) is 8.04. The van der Waals surface area contributed by atoms with Gasteiger partial charge in [-0.1, -0.05) is 13.0 Å². The highest BCUT2D eigenvalue weighted by atomic mass is 19.1. The third kappa shape index (κ3) is 4.87. The van der Waals surface area contributed by atoms with E-state index in [4.69, 9.17) is 5.11 Å². The van der Waals surface area contributed by atoms with Crippen LogP contribution in [0.4, 0.5) is 10.1 Å². The number of anilines is 1. The van der Waals surface area contributed by atoms with Crippen LogP contribution in [0.3, 0.4) is 0 Å². The van der Waals surface area contributed by atoms with Crippen LogP contribution < -0.4 is 10.6 Å². The van der Waals surface area contributed by atoms with Gasteiger partial charge in [-0.2, -0.15) is 0 Å². The van der Waals surface area contributed by atoms with E-state index in [2.05, 4.69) is 10.6 Å². The summed E-state index contributed by atoms with van der Waals surface area (Å²) in [5.41, 5.74) is 1.61. The summed E-state index contributed by atoms with van der Waals surface area (Å²) in [6.45, 7) is 3.37. The van der Waals surface area contributed by atoms with Crippen LogP contribution in [0.25, 0.3) is 0 Å². The first-order valence-corrected chi connectivity index (χ1v) is 8.04. The van der Waals surface area contributed by atoms with Crippen LogP contribution in [-0.4, -0.2) is 29.6 Å². The van der Waals surface area contributed by atoms with Gasteiger partial charge in [-0.15, -0.1) is 0 Å². The maximum Gasteiger partial charge on any atom is 0.255 e. The number of hydrogen-bond acceptors (Lipinski definition) is 3. The number of hydrogen-bond donors (Lipinski definition) is 3. The van der Waals surface area contributed by atoms with E-state index in [1.165, 1.54) is 6.07 Å². The molecule has 0 aliphatic heterocycles. The lowest BCUT2D eigenvalue weighted by Gasteiger charge is -2.14. The average molecular weight is 344 g/mol. The molecule has 132 valence electrons. The quantitative estimate of drug-likeness (QED) is 0.754. The van der Waals surface area contributed by atoms with Crippen molar-refractivity contribution in [2.75, 3.05) is 11.9 Å². The molecule has 1 atom stereocenters. The van der Waals surface area contributed by atoms with Crippen LogP contribution in [0.5, 0.6) is 0 Å². The first kappa shape index (κ1) is 18.6. The van der Waals surface area contributed by atoms with E-state index in [0.717, 1.165) is 0 Å². The predicted octanol–water partition coefficient (Wildman–Crippen LogP) is 2.89. The van der Waals surface area contributed by atoms with Crippen molar-refractivity contribution < 1.29 is 19.1 Å². The molecular formula is C19H21FN2O3. The van der Waals surface area contributed by atoms with E-state index in [9.17, 15) is 14.0 Å². The Morgan fingerprint density at radius 3 is 2.28 bits per heavy atom. The van der Waals surface area contributed by atoms with Gasteiger partial charge in [-0.25, -0.2) is 4.39 Å². The molecule has 0 bridgehead atoms. The van der Waals surface area contributed by atoms with Gasteiger partial charge in [0.1, 0.15) is 5.82 Å². The molecule has 0 saturated heterocycles. The third-order valence-electron chi connectivity index (χ3n) is 3.89. The molecule has 0 radical (unpaired) electrons. The smallest absolute Gasteiger partial charge is 0.255 e. The monoisotopic (exact) mass is 344 g/mol. The van der Waals surface area contributed by atoms with E-state index >= 15 is 0 Å². The number of benzene rings is 2. The van der Waals surface area contributed by atoms with Gasteiger partial charge in [0, 0.05) is 16.8 Å². The summed E-state index contributed by atoms with van der Waals surface area (Å²) in [6, 6.07) is 10.3. The number of carbonyl (C=O) groups is 2. The van der Waals surface area contributed by atoms with Gasteiger partial charge >= 0.3 is 0 Å². The van der Waals surface area contributed by atoms with Crippen molar-refractivity contribution in [1.29, 1.82) is 0 Å². The van der Waals surface area contributed by atoms with Gasteiger partial charge in [-0.05, 0) is 55.3 Å². The molecule has 2 aromatic carbocycles. The van der Waals surface area contributed by atoms with E-state index in [1.807, 2.05) is 6.92 Å². The Bertz CT molecular complexity index is 756. The van der Waals surface area contributed by atoms with E-state index in [0.29, 0.717) is 23.2 Å². The van der Waals surface area contributed by atoms with E-state index < -0.39 is 11.7 Å². The predicted molar refractivity (Wildman–Crippen MR) is 94.2 cm³/mol. The Hall–Kier alpha value is -2.73. The highest BCUT2D eigenvalue weighted by molar-refractivity contribution is 6.04. The molecule has 6 heteroatoms. The Kier molecular flexibility index (Phi) is 6.25. The van der Waals surface area contributed by atoms with Gasteiger partial charge < -0.3 is 15.7 Å². The lowest BCUT2D eigenvalue weighted by atomic mass is 10.1. The third-order valence-corrected chi connectivity index (χ3v) is 3.89. The summed E-state index contributed by atoms with van der Waals surface area (Å²) in [5.74, 6) is -1.16. The second-order valence-corrected chi connectivity index (χ2v) is 5.76. The fraction of sp³-hybridized carbons (Fsp3) is 0.263. The van der Waals surface area contributed by atoms with Crippen LogP contribution in [0.15, 0.2) is 42.5 Å². The topological polar surface area (TPSA) is 78.4 Å². The van der Waals surface area contributed by atoms with Crippen molar-refractivity contribution in [3.05, 3.63) is 65.0 Å². The number of aliphatic hydroxyl groups excluding tert-OH is 1. The molecule has 2 amide bonds. The maximum atomic E-state index is 13.5. The van der Waals surface area contributed by atoms with Gasteiger partial charge in [0.25, 0.3) is 11.8 Å². The van der Waals surface area contributed by atoms with Gasteiger partial charge in [-0.3, -0.25) is 9.59 Å².